The minimum Gasteiger partial charge on any atom is -0.497 e. The Morgan fingerprint density at radius 3 is 3.00 bits per heavy atom. The summed E-state index contributed by atoms with van der Waals surface area (Å²) < 4.78 is 7.39. The number of amides is 1. The first-order chi connectivity index (χ1) is 13.2. The lowest BCUT2D eigenvalue weighted by atomic mass is 10.2. The Balaban J connectivity index is 1.31. The average Bonchev–Trinajstić information content (AvgIpc) is 3.42. The van der Waals surface area contributed by atoms with Crippen LogP contribution in [-0.4, -0.2) is 29.1 Å². The van der Waals surface area contributed by atoms with Crippen molar-refractivity contribution < 1.29 is 9.53 Å². The maximum atomic E-state index is 12.2. The Labute approximate surface area is 165 Å². The standard InChI is InChI=1S/C20H19N3O2S2/c1-25-16-4-5-17-14(11-16)6-8-23(17)9-7-21-19(24)12-15-13-27-20(22-15)18-3-2-10-26-18/h2-6,8,10-11,13H,7,9,12H2,1H3,(H,21,24). The molecule has 0 atom stereocenters. The number of aromatic nitrogens is 2. The van der Waals surface area contributed by atoms with Crippen LogP contribution >= 0.6 is 22.7 Å². The maximum Gasteiger partial charge on any atom is 0.226 e. The number of hydrogen-bond donors (Lipinski definition) is 1. The molecule has 0 aliphatic rings. The number of nitrogens with one attached hydrogen (secondary N) is 1. The quantitative estimate of drug-likeness (QED) is 0.509. The van der Waals surface area contributed by atoms with E-state index in [4.69, 9.17) is 4.74 Å². The van der Waals surface area contributed by atoms with Gasteiger partial charge < -0.3 is 14.6 Å². The molecule has 3 heterocycles. The molecule has 0 saturated carbocycles. The first-order valence-corrected chi connectivity index (χ1v) is 10.4. The predicted molar refractivity (Wildman–Crippen MR) is 111 cm³/mol. The largest absolute Gasteiger partial charge is 0.497 e. The van der Waals surface area contributed by atoms with Gasteiger partial charge in [-0.1, -0.05) is 6.07 Å². The number of rotatable bonds is 7. The second kappa shape index (κ2) is 7.94. The lowest BCUT2D eigenvalue weighted by Crippen LogP contribution is -2.28. The predicted octanol–water partition coefficient (Wildman–Crippen LogP) is 4.19. The third kappa shape index (κ3) is 4.04. The number of carbonyl (C=O) groups is 1. The lowest BCUT2D eigenvalue weighted by Gasteiger charge is -2.08. The van der Waals surface area contributed by atoms with E-state index in [2.05, 4.69) is 20.9 Å². The molecule has 1 amide bonds. The molecule has 27 heavy (non-hydrogen) atoms. The van der Waals surface area contributed by atoms with Crippen molar-refractivity contribution in [3.63, 3.8) is 0 Å². The van der Waals surface area contributed by atoms with Gasteiger partial charge in [0.1, 0.15) is 10.8 Å². The van der Waals surface area contributed by atoms with Crippen LogP contribution in [0, 0.1) is 0 Å². The van der Waals surface area contributed by atoms with Crippen molar-refractivity contribution in [2.24, 2.45) is 0 Å². The van der Waals surface area contributed by atoms with Crippen LogP contribution in [-0.2, 0) is 17.8 Å². The summed E-state index contributed by atoms with van der Waals surface area (Å²) in [6.07, 6.45) is 2.34. The molecular weight excluding hydrogens is 378 g/mol. The zero-order valence-corrected chi connectivity index (χ0v) is 16.5. The van der Waals surface area contributed by atoms with Gasteiger partial charge in [0.2, 0.25) is 5.91 Å². The van der Waals surface area contributed by atoms with E-state index in [-0.39, 0.29) is 5.91 Å². The van der Waals surface area contributed by atoms with Crippen molar-refractivity contribution in [2.45, 2.75) is 13.0 Å². The van der Waals surface area contributed by atoms with E-state index in [1.54, 1.807) is 29.8 Å². The molecule has 3 aromatic heterocycles. The first-order valence-electron chi connectivity index (χ1n) is 8.61. The minimum absolute atomic E-state index is 0.00356. The van der Waals surface area contributed by atoms with Crippen LogP contribution in [0.3, 0.4) is 0 Å². The average molecular weight is 398 g/mol. The van der Waals surface area contributed by atoms with Crippen LogP contribution < -0.4 is 10.1 Å². The summed E-state index contributed by atoms with van der Waals surface area (Å²) in [6, 6.07) is 12.1. The fourth-order valence-corrected chi connectivity index (χ4v) is 4.58. The maximum absolute atomic E-state index is 12.2. The Morgan fingerprint density at radius 2 is 2.19 bits per heavy atom. The van der Waals surface area contributed by atoms with Gasteiger partial charge in [0, 0.05) is 35.6 Å². The monoisotopic (exact) mass is 397 g/mol. The normalized spacial score (nSPS) is 11.0. The van der Waals surface area contributed by atoms with Gasteiger partial charge in [-0.05, 0) is 35.7 Å². The molecule has 138 valence electrons. The number of fused-ring (bicyclic) bond motifs is 1. The van der Waals surface area contributed by atoms with Gasteiger partial charge in [0.15, 0.2) is 0 Å². The third-order valence-corrected chi connectivity index (χ3v) is 6.21. The zero-order valence-electron chi connectivity index (χ0n) is 14.8. The lowest BCUT2D eigenvalue weighted by molar-refractivity contribution is -0.120. The Kier molecular flexibility index (Phi) is 5.22. The van der Waals surface area contributed by atoms with Crippen LogP contribution in [0.4, 0.5) is 0 Å². The SMILES string of the molecule is COc1ccc2c(ccn2CCNC(=O)Cc2csc(-c3cccs3)n2)c1. The number of thiazole rings is 1. The molecule has 0 radical (unpaired) electrons. The molecule has 0 unspecified atom stereocenters. The molecule has 0 fully saturated rings. The van der Waals surface area contributed by atoms with Crippen molar-refractivity contribution in [3.8, 4) is 15.6 Å². The van der Waals surface area contributed by atoms with Crippen molar-refractivity contribution in [2.75, 3.05) is 13.7 Å². The number of benzene rings is 1. The molecule has 5 nitrogen and oxygen atoms in total. The highest BCUT2D eigenvalue weighted by atomic mass is 32.1. The molecule has 0 bridgehead atoms. The van der Waals surface area contributed by atoms with Crippen molar-refractivity contribution in [1.29, 1.82) is 0 Å². The second-order valence-electron chi connectivity index (χ2n) is 6.08. The summed E-state index contributed by atoms with van der Waals surface area (Å²) >= 11 is 3.24. The van der Waals surface area contributed by atoms with Gasteiger partial charge in [-0.15, -0.1) is 22.7 Å². The van der Waals surface area contributed by atoms with Crippen molar-refractivity contribution in [1.82, 2.24) is 14.9 Å². The smallest absolute Gasteiger partial charge is 0.226 e. The van der Waals surface area contributed by atoms with E-state index in [0.717, 1.165) is 38.8 Å². The molecule has 4 rings (SSSR count). The highest BCUT2D eigenvalue weighted by molar-refractivity contribution is 7.20. The highest BCUT2D eigenvalue weighted by Crippen LogP contribution is 2.27. The van der Waals surface area contributed by atoms with E-state index < -0.39 is 0 Å². The van der Waals surface area contributed by atoms with E-state index in [0.29, 0.717) is 13.0 Å². The van der Waals surface area contributed by atoms with Gasteiger partial charge in [0.25, 0.3) is 0 Å². The van der Waals surface area contributed by atoms with Gasteiger partial charge in [-0.25, -0.2) is 4.98 Å². The third-order valence-electron chi connectivity index (χ3n) is 4.28. The second-order valence-corrected chi connectivity index (χ2v) is 7.89. The summed E-state index contributed by atoms with van der Waals surface area (Å²) in [5.74, 6) is 0.842. The first kappa shape index (κ1) is 17.8. The highest BCUT2D eigenvalue weighted by Gasteiger charge is 2.10. The molecule has 0 saturated heterocycles. The molecule has 0 aliphatic heterocycles. The summed E-state index contributed by atoms with van der Waals surface area (Å²) in [4.78, 5) is 17.9. The van der Waals surface area contributed by atoms with Crippen molar-refractivity contribution >= 4 is 39.5 Å². The van der Waals surface area contributed by atoms with Crippen LogP contribution in [0.5, 0.6) is 5.75 Å². The summed E-state index contributed by atoms with van der Waals surface area (Å²) in [5.41, 5.74) is 1.95. The van der Waals surface area contributed by atoms with E-state index in [9.17, 15) is 4.79 Å². The van der Waals surface area contributed by atoms with Gasteiger partial charge in [-0.3, -0.25) is 4.79 Å². The number of thiophene rings is 1. The summed E-state index contributed by atoms with van der Waals surface area (Å²) in [6.45, 7) is 1.30. The van der Waals surface area contributed by atoms with E-state index in [1.807, 2.05) is 47.3 Å². The molecular formula is C20H19N3O2S2. The summed E-state index contributed by atoms with van der Waals surface area (Å²) in [7, 11) is 1.67. The van der Waals surface area contributed by atoms with E-state index in [1.165, 1.54) is 0 Å². The topological polar surface area (TPSA) is 56.1 Å². The molecule has 0 aliphatic carbocycles. The molecule has 1 aromatic carbocycles. The molecule has 0 spiro atoms. The molecule has 7 heteroatoms. The molecule has 4 aromatic rings. The van der Waals surface area contributed by atoms with Crippen LogP contribution in [0.25, 0.3) is 20.8 Å². The van der Waals surface area contributed by atoms with E-state index >= 15 is 0 Å². The van der Waals surface area contributed by atoms with Crippen LogP contribution in [0.1, 0.15) is 5.69 Å². The van der Waals surface area contributed by atoms with Gasteiger partial charge >= 0.3 is 0 Å². The number of hydrogen-bond acceptors (Lipinski definition) is 5. The minimum atomic E-state index is -0.00356. The fraction of sp³-hybridized carbons (Fsp3) is 0.200. The van der Waals surface area contributed by atoms with Crippen LogP contribution in [0.15, 0.2) is 53.4 Å². The van der Waals surface area contributed by atoms with Crippen LogP contribution in [0.2, 0.25) is 0 Å². The Morgan fingerprint density at radius 1 is 1.26 bits per heavy atom. The Bertz CT molecular complexity index is 1050. The fourth-order valence-electron chi connectivity index (χ4n) is 2.94. The zero-order chi connectivity index (χ0) is 18.6. The van der Waals surface area contributed by atoms with Gasteiger partial charge in [-0.2, -0.15) is 0 Å². The number of ether oxygens (including phenoxy) is 1. The number of nitrogens with zero attached hydrogens (tertiary/aromatic N) is 2. The number of carbonyl (C=O) groups excluding carboxylic acids is 1. The molecule has 1 N–H and O–H groups in total. The summed E-state index contributed by atoms with van der Waals surface area (Å²) in [5, 5.41) is 9.08. The van der Waals surface area contributed by atoms with Crippen molar-refractivity contribution in [3.05, 3.63) is 59.0 Å². The van der Waals surface area contributed by atoms with Gasteiger partial charge in [0.05, 0.1) is 24.1 Å². The Hall–Kier alpha value is -2.64. The number of methoxy groups -OCH3 is 1.